The van der Waals surface area contributed by atoms with Gasteiger partial charge in [-0.25, -0.2) is 17.6 Å². The van der Waals surface area contributed by atoms with Crippen LogP contribution >= 0.6 is 11.8 Å². The molecule has 3 rings (SSSR count). The first-order chi connectivity index (χ1) is 16.7. The van der Waals surface area contributed by atoms with Crippen LogP contribution in [-0.4, -0.2) is 55.9 Å². The molecule has 1 atom stereocenters. The predicted octanol–water partition coefficient (Wildman–Crippen LogP) is 5.35. The maximum atomic E-state index is 13.8. The summed E-state index contributed by atoms with van der Waals surface area (Å²) in [5, 5.41) is 8.78. The third-order valence-corrected chi connectivity index (χ3v) is 8.42. The fraction of sp³-hybridized carbons (Fsp3) is 0.375. The quantitative estimate of drug-likeness (QED) is 0.254. The van der Waals surface area contributed by atoms with Crippen LogP contribution in [0.3, 0.4) is 0 Å². The number of para-hydroxylation sites is 1. The maximum Gasteiger partial charge on any atom is 0.368 e. The molecule has 0 aliphatic carbocycles. The van der Waals surface area contributed by atoms with Gasteiger partial charge in [0.05, 0.1) is 10.6 Å². The van der Waals surface area contributed by atoms with E-state index in [9.17, 15) is 22.0 Å². The number of alkyl halides is 1. The number of nitrogens with zero attached hydrogens (tertiary/aromatic N) is 2. The SMILES string of the molecule is CCCCC1CN(c2ccccc2)c2cc(SC)c(O/C=C(\F)C(=O)O)cc2S(=O)(=O)N1CCF. The Labute approximate surface area is 208 Å². The number of fused-ring (bicyclic) bond motifs is 1. The normalized spacial score (nSPS) is 18.1. The number of aliphatic carboxylic acids is 1. The Bertz CT molecular complexity index is 1180. The van der Waals surface area contributed by atoms with Gasteiger partial charge in [0.25, 0.3) is 0 Å². The van der Waals surface area contributed by atoms with Crippen molar-refractivity contribution in [1.29, 1.82) is 0 Å². The first kappa shape index (κ1) is 27.0. The lowest BCUT2D eigenvalue weighted by Crippen LogP contribution is -2.44. The number of ether oxygens (including phenoxy) is 1. The number of halogens is 2. The molecule has 1 N–H and O–H groups in total. The Morgan fingerprint density at radius 1 is 1.29 bits per heavy atom. The van der Waals surface area contributed by atoms with Crippen LogP contribution in [-0.2, 0) is 14.8 Å². The number of thioether (sulfide) groups is 1. The summed E-state index contributed by atoms with van der Waals surface area (Å²) in [7, 11) is -4.17. The van der Waals surface area contributed by atoms with Gasteiger partial charge in [-0.05, 0) is 30.9 Å². The summed E-state index contributed by atoms with van der Waals surface area (Å²) in [6, 6.07) is 11.7. The maximum absolute atomic E-state index is 13.8. The summed E-state index contributed by atoms with van der Waals surface area (Å²) in [5.74, 6) is -3.35. The lowest BCUT2D eigenvalue weighted by Gasteiger charge is -2.31. The molecule has 1 unspecified atom stereocenters. The molecule has 0 aromatic heterocycles. The number of carbonyl (C=O) groups is 1. The summed E-state index contributed by atoms with van der Waals surface area (Å²) < 4.78 is 61.3. The van der Waals surface area contributed by atoms with E-state index >= 15 is 0 Å². The third kappa shape index (κ3) is 5.96. The highest BCUT2D eigenvalue weighted by atomic mass is 32.2. The average Bonchev–Trinajstić information content (AvgIpc) is 2.94. The zero-order valence-corrected chi connectivity index (χ0v) is 21.1. The van der Waals surface area contributed by atoms with Crippen LogP contribution in [0.2, 0.25) is 0 Å². The Hall–Kier alpha value is -2.63. The predicted molar refractivity (Wildman–Crippen MR) is 132 cm³/mol. The summed E-state index contributed by atoms with van der Waals surface area (Å²) in [5.41, 5.74) is 1.16. The molecule has 0 saturated carbocycles. The number of unbranched alkanes of at least 4 members (excludes halogenated alkanes) is 1. The number of hydrogen-bond donors (Lipinski definition) is 1. The fourth-order valence-corrected chi connectivity index (χ4v) is 6.36. The van der Waals surface area contributed by atoms with E-state index in [1.165, 1.54) is 22.1 Å². The molecule has 0 fully saturated rings. The number of anilines is 2. The lowest BCUT2D eigenvalue weighted by molar-refractivity contribution is -0.134. The van der Waals surface area contributed by atoms with E-state index in [1.807, 2.05) is 42.2 Å². The molecule has 0 amide bonds. The molecule has 190 valence electrons. The first-order valence-electron chi connectivity index (χ1n) is 11.1. The highest BCUT2D eigenvalue weighted by Crippen LogP contribution is 2.43. The third-order valence-electron chi connectivity index (χ3n) is 5.68. The number of rotatable bonds is 10. The van der Waals surface area contributed by atoms with E-state index in [2.05, 4.69) is 0 Å². The van der Waals surface area contributed by atoms with Crippen molar-refractivity contribution in [2.45, 2.75) is 42.0 Å². The molecule has 0 saturated heterocycles. The van der Waals surface area contributed by atoms with Crippen molar-refractivity contribution in [1.82, 2.24) is 4.31 Å². The summed E-state index contributed by atoms with van der Waals surface area (Å²) in [6.07, 6.45) is 4.34. The molecule has 2 aromatic rings. The Morgan fingerprint density at radius 3 is 2.60 bits per heavy atom. The summed E-state index contributed by atoms with van der Waals surface area (Å²) in [4.78, 5) is 13.1. The highest BCUT2D eigenvalue weighted by molar-refractivity contribution is 7.98. The molecule has 0 bridgehead atoms. The average molecular weight is 527 g/mol. The minimum absolute atomic E-state index is 0.0172. The minimum atomic E-state index is -4.17. The first-order valence-corrected chi connectivity index (χ1v) is 13.8. The molecular formula is C24H28F2N2O5S2. The molecule has 11 heteroatoms. The van der Waals surface area contributed by atoms with E-state index in [0.29, 0.717) is 29.8 Å². The molecular weight excluding hydrogens is 498 g/mol. The van der Waals surface area contributed by atoms with Gasteiger partial charge in [-0.2, -0.15) is 8.70 Å². The van der Waals surface area contributed by atoms with Gasteiger partial charge in [0.15, 0.2) is 0 Å². The Morgan fingerprint density at radius 2 is 2.00 bits per heavy atom. The zero-order chi connectivity index (χ0) is 25.6. The molecule has 7 nitrogen and oxygen atoms in total. The van der Waals surface area contributed by atoms with Gasteiger partial charge >= 0.3 is 5.97 Å². The van der Waals surface area contributed by atoms with Gasteiger partial charge in [-0.15, -0.1) is 11.8 Å². The highest BCUT2D eigenvalue weighted by Gasteiger charge is 2.39. The number of benzene rings is 2. The van der Waals surface area contributed by atoms with E-state index in [1.54, 1.807) is 12.3 Å². The van der Waals surface area contributed by atoms with Crippen molar-refractivity contribution < 1.29 is 31.8 Å². The summed E-state index contributed by atoms with van der Waals surface area (Å²) in [6.45, 7) is 1.18. The van der Waals surface area contributed by atoms with Crippen LogP contribution in [0.1, 0.15) is 26.2 Å². The van der Waals surface area contributed by atoms with Gasteiger partial charge in [0.1, 0.15) is 23.6 Å². The minimum Gasteiger partial charge on any atom is -0.476 e. The van der Waals surface area contributed by atoms with E-state index in [-0.39, 0.29) is 17.2 Å². The number of carboxylic acid groups (broad SMARTS) is 1. The van der Waals surface area contributed by atoms with Gasteiger partial charge in [0.2, 0.25) is 15.9 Å². The van der Waals surface area contributed by atoms with Crippen molar-refractivity contribution in [3.05, 3.63) is 54.6 Å². The largest absolute Gasteiger partial charge is 0.476 e. The van der Waals surface area contributed by atoms with Gasteiger partial charge in [0, 0.05) is 30.9 Å². The molecule has 1 aliphatic heterocycles. The van der Waals surface area contributed by atoms with Crippen LogP contribution < -0.4 is 9.64 Å². The van der Waals surface area contributed by atoms with Crippen molar-refractivity contribution in [2.75, 3.05) is 30.9 Å². The van der Waals surface area contributed by atoms with Crippen LogP contribution in [0.4, 0.5) is 20.2 Å². The smallest absolute Gasteiger partial charge is 0.368 e. The van der Waals surface area contributed by atoms with Gasteiger partial charge in [-0.1, -0.05) is 38.0 Å². The molecule has 35 heavy (non-hydrogen) atoms. The van der Waals surface area contributed by atoms with Crippen LogP contribution in [0.5, 0.6) is 5.75 Å². The topological polar surface area (TPSA) is 87.1 Å². The number of hydrogen-bond acceptors (Lipinski definition) is 6. The van der Waals surface area contributed by atoms with E-state index in [4.69, 9.17) is 9.84 Å². The zero-order valence-electron chi connectivity index (χ0n) is 19.5. The van der Waals surface area contributed by atoms with Crippen molar-refractivity contribution >= 4 is 39.1 Å². The van der Waals surface area contributed by atoms with Gasteiger partial charge < -0.3 is 14.7 Å². The summed E-state index contributed by atoms with van der Waals surface area (Å²) >= 11 is 1.24. The monoisotopic (exact) mass is 526 g/mol. The Balaban J connectivity index is 2.25. The van der Waals surface area contributed by atoms with Crippen LogP contribution in [0.25, 0.3) is 0 Å². The van der Waals surface area contributed by atoms with E-state index < -0.39 is 34.5 Å². The Kier molecular flexibility index (Phi) is 9.15. The van der Waals surface area contributed by atoms with Crippen LogP contribution in [0.15, 0.2) is 64.3 Å². The van der Waals surface area contributed by atoms with Gasteiger partial charge in [-0.3, -0.25) is 0 Å². The van der Waals surface area contributed by atoms with E-state index in [0.717, 1.165) is 18.5 Å². The molecule has 0 radical (unpaired) electrons. The fourth-order valence-electron chi connectivity index (χ4n) is 4.00. The van der Waals surface area contributed by atoms with Crippen LogP contribution in [0, 0.1) is 0 Å². The molecule has 1 aliphatic rings. The van der Waals surface area contributed by atoms with Crippen molar-refractivity contribution in [2.24, 2.45) is 0 Å². The number of carboxylic acids is 1. The lowest BCUT2D eigenvalue weighted by atomic mass is 10.1. The second-order valence-corrected chi connectivity index (χ2v) is 10.6. The standard InChI is InChI=1S/C24H28F2N2O5S2/c1-3-4-8-18-15-27(17-9-6-5-7-10-17)20-13-22(34-2)21(33-16-19(26)24(29)30)14-23(20)35(31,32)28(18)12-11-25/h5-7,9-10,13-14,16,18H,3-4,8,11-12,15H2,1-2H3,(H,29,30)/b19-16-. The van der Waals surface area contributed by atoms with Crippen molar-refractivity contribution in [3.8, 4) is 5.75 Å². The molecule has 0 spiro atoms. The second kappa shape index (κ2) is 11.9. The second-order valence-electron chi connectivity index (χ2n) is 7.91. The number of sulfonamides is 1. The van der Waals surface area contributed by atoms with Crippen molar-refractivity contribution in [3.63, 3.8) is 0 Å². The molecule has 2 aromatic carbocycles. The molecule has 1 heterocycles.